The fourth-order valence-corrected chi connectivity index (χ4v) is 6.94. The highest BCUT2D eigenvalue weighted by molar-refractivity contribution is 5.90. The quantitative estimate of drug-likeness (QED) is 0.791. The van der Waals surface area contributed by atoms with Crippen LogP contribution in [0.2, 0.25) is 0 Å². The summed E-state index contributed by atoms with van der Waals surface area (Å²) in [6, 6.07) is 3.77. The van der Waals surface area contributed by atoms with Crippen LogP contribution in [0.15, 0.2) is 12.1 Å². The Morgan fingerprint density at radius 3 is 2.88 bits per heavy atom. The lowest BCUT2D eigenvalue weighted by Crippen LogP contribution is -2.80. The zero-order valence-electron chi connectivity index (χ0n) is 15.2. The number of aromatic hydroxyl groups is 1. The molecule has 1 unspecified atom stereocenters. The Hall–Kier alpha value is -1.59. The zero-order chi connectivity index (χ0) is 17.9. The largest absolute Gasteiger partial charge is 0.504 e. The molecule has 2 saturated carbocycles. The molecule has 2 heterocycles. The number of rotatable bonds is 2. The molecule has 6 rings (SSSR count). The van der Waals surface area contributed by atoms with Crippen LogP contribution in [-0.2, 0) is 16.6 Å². The number of nitrogens with zero attached hydrogens (tertiary/aromatic N) is 1. The summed E-state index contributed by atoms with van der Waals surface area (Å²) in [5, 5.41) is 22.5. The molecule has 0 amide bonds. The van der Waals surface area contributed by atoms with Crippen LogP contribution < -0.4 is 4.74 Å². The minimum absolute atomic E-state index is 0.0789. The fraction of sp³-hybridized carbons (Fsp3) is 0.667. The van der Waals surface area contributed by atoms with Gasteiger partial charge in [0.05, 0.1) is 25.6 Å². The molecule has 26 heavy (non-hydrogen) atoms. The first-order valence-electron chi connectivity index (χ1n) is 10.0. The van der Waals surface area contributed by atoms with E-state index >= 15 is 0 Å². The Kier molecular flexibility index (Phi) is 2.65. The monoisotopic (exact) mass is 356 g/mol. The second kappa shape index (κ2) is 4.45. The van der Waals surface area contributed by atoms with E-state index in [-0.39, 0.29) is 17.6 Å². The summed E-state index contributed by atoms with van der Waals surface area (Å²) in [7, 11) is 2.31. The predicted molar refractivity (Wildman–Crippen MR) is 94.1 cm³/mol. The number of phenols is 1. The summed E-state index contributed by atoms with van der Waals surface area (Å²) in [6.45, 7) is 2.09. The van der Waals surface area contributed by atoms with Crippen molar-refractivity contribution in [2.45, 2.75) is 61.7 Å². The zero-order valence-corrected chi connectivity index (χ0v) is 15.2. The van der Waals surface area contributed by atoms with Gasteiger partial charge >= 0.3 is 0 Å². The van der Waals surface area contributed by atoms with Crippen LogP contribution in [0.3, 0.4) is 0 Å². The fourth-order valence-electron chi connectivity index (χ4n) is 6.94. The van der Waals surface area contributed by atoms with E-state index in [9.17, 15) is 15.0 Å². The SMILES string of the molecule is C[N+]1(CC2CC2)CC[C@]23c4c5ccc(O)c4O[C@H]2C(=O)CC[C@]3(O)[C@H]1C5. The molecule has 5 nitrogen and oxygen atoms in total. The summed E-state index contributed by atoms with van der Waals surface area (Å²) in [5.74, 6) is 1.42. The number of hydrogen-bond donors (Lipinski definition) is 2. The van der Waals surface area contributed by atoms with Crippen molar-refractivity contribution in [2.24, 2.45) is 5.92 Å². The Balaban J connectivity index is 1.60. The Morgan fingerprint density at radius 1 is 1.31 bits per heavy atom. The molecule has 5 atom stereocenters. The molecule has 3 fully saturated rings. The smallest absolute Gasteiger partial charge is 0.174 e. The van der Waals surface area contributed by atoms with E-state index < -0.39 is 17.1 Å². The highest BCUT2D eigenvalue weighted by Crippen LogP contribution is 2.65. The van der Waals surface area contributed by atoms with E-state index in [2.05, 4.69) is 7.05 Å². The number of phenolic OH excluding ortho intramolecular Hbond substituents is 1. The van der Waals surface area contributed by atoms with Gasteiger partial charge in [0.1, 0.15) is 11.6 Å². The number of hydrogen-bond acceptors (Lipinski definition) is 4. The van der Waals surface area contributed by atoms with Crippen LogP contribution in [0, 0.1) is 5.92 Å². The van der Waals surface area contributed by atoms with Crippen molar-refractivity contribution in [3.05, 3.63) is 23.3 Å². The molecule has 2 bridgehead atoms. The number of quaternary nitrogens is 1. The predicted octanol–water partition coefficient (Wildman–Crippen LogP) is 1.67. The number of carbonyl (C=O) groups is 1. The Bertz CT molecular complexity index is 849. The molecule has 1 saturated heterocycles. The van der Waals surface area contributed by atoms with Crippen molar-refractivity contribution < 1.29 is 24.2 Å². The molecule has 0 aromatic heterocycles. The van der Waals surface area contributed by atoms with Gasteiger partial charge < -0.3 is 19.4 Å². The third kappa shape index (κ3) is 1.55. The van der Waals surface area contributed by atoms with Crippen molar-refractivity contribution in [1.82, 2.24) is 0 Å². The third-order valence-corrected chi connectivity index (χ3v) is 8.28. The number of aliphatic hydroxyl groups is 1. The molecule has 2 aliphatic heterocycles. The molecular weight excluding hydrogens is 330 g/mol. The Labute approximate surface area is 153 Å². The van der Waals surface area contributed by atoms with Crippen molar-refractivity contribution in [3.8, 4) is 11.5 Å². The molecule has 1 aromatic carbocycles. The van der Waals surface area contributed by atoms with Crippen LogP contribution in [0.5, 0.6) is 11.5 Å². The number of carbonyl (C=O) groups excluding carboxylic acids is 1. The van der Waals surface area contributed by atoms with Crippen LogP contribution >= 0.6 is 0 Å². The number of ketones is 1. The lowest BCUT2D eigenvalue weighted by Gasteiger charge is -2.64. The van der Waals surface area contributed by atoms with E-state index in [1.54, 1.807) is 6.07 Å². The molecule has 1 aromatic rings. The van der Waals surface area contributed by atoms with E-state index in [1.807, 2.05) is 6.07 Å². The van der Waals surface area contributed by atoms with Crippen molar-refractivity contribution >= 4 is 5.78 Å². The van der Waals surface area contributed by atoms with Gasteiger partial charge in [-0.3, -0.25) is 4.79 Å². The molecule has 5 aliphatic rings. The second-order valence-corrected chi connectivity index (χ2v) is 9.61. The van der Waals surface area contributed by atoms with Crippen LogP contribution in [-0.4, -0.2) is 58.4 Å². The average Bonchev–Trinajstić information content (AvgIpc) is 3.32. The minimum atomic E-state index is -0.931. The van der Waals surface area contributed by atoms with Gasteiger partial charge in [-0.05, 0) is 30.9 Å². The highest BCUT2D eigenvalue weighted by Gasteiger charge is 2.76. The summed E-state index contributed by atoms with van der Waals surface area (Å²) in [4.78, 5) is 12.8. The van der Waals surface area contributed by atoms with Crippen LogP contribution in [0.25, 0.3) is 0 Å². The van der Waals surface area contributed by atoms with Gasteiger partial charge in [0.15, 0.2) is 23.4 Å². The van der Waals surface area contributed by atoms with Crippen molar-refractivity contribution in [1.29, 1.82) is 0 Å². The molecule has 1 spiro atoms. The topological polar surface area (TPSA) is 66.8 Å². The maximum Gasteiger partial charge on any atom is 0.174 e. The lowest BCUT2D eigenvalue weighted by atomic mass is 9.48. The second-order valence-electron chi connectivity index (χ2n) is 9.61. The van der Waals surface area contributed by atoms with Crippen LogP contribution in [0.1, 0.15) is 43.2 Å². The third-order valence-electron chi connectivity index (χ3n) is 8.28. The first-order valence-corrected chi connectivity index (χ1v) is 10.0. The normalized spacial score (nSPS) is 45.2. The van der Waals surface area contributed by atoms with E-state index in [0.717, 1.165) is 47.5 Å². The van der Waals surface area contributed by atoms with Gasteiger partial charge in [-0.25, -0.2) is 0 Å². The molecule has 2 N–H and O–H groups in total. The van der Waals surface area contributed by atoms with Gasteiger partial charge in [0, 0.05) is 30.7 Å². The molecule has 5 heteroatoms. The maximum absolute atomic E-state index is 12.8. The lowest BCUT2D eigenvalue weighted by molar-refractivity contribution is -0.950. The molecule has 138 valence electrons. The number of likely N-dealkylation sites (N-methyl/N-ethyl adjacent to an activating group) is 1. The molecule has 3 aliphatic carbocycles. The molecule has 0 radical (unpaired) electrons. The maximum atomic E-state index is 12.8. The van der Waals surface area contributed by atoms with Gasteiger partial charge in [-0.15, -0.1) is 0 Å². The number of Topliss-reactive ketones (excluding diaryl/α,β-unsaturated/α-hetero) is 1. The summed E-state index contributed by atoms with van der Waals surface area (Å²) in [6.07, 6.45) is 4.42. The molecular formula is C21H26NO4+. The number of benzene rings is 1. The van der Waals surface area contributed by atoms with Gasteiger partial charge in [-0.1, -0.05) is 6.07 Å². The highest BCUT2D eigenvalue weighted by atomic mass is 16.5. The van der Waals surface area contributed by atoms with Crippen molar-refractivity contribution in [3.63, 3.8) is 0 Å². The number of likely N-dealkylation sites (tertiary alicyclic amines) is 1. The van der Waals surface area contributed by atoms with E-state index in [4.69, 9.17) is 4.74 Å². The van der Waals surface area contributed by atoms with Crippen LogP contribution in [0.4, 0.5) is 0 Å². The first-order chi connectivity index (χ1) is 12.4. The van der Waals surface area contributed by atoms with Crippen molar-refractivity contribution in [2.75, 3.05) is 20.1 Å². The standard InChI is InChI=1S/C21H25NO4/c1-22(11-12-2-3-12)9-8-20-17-13-4-5-14(23)18(17)26-19(20)15(24)6-7-21(20,25)16(22)10-13/h4-5,12,16,19,25H,2-3,6-11H2,1H3/p+1/t16-,19+,20+,21+,22?/m1/s1. The summed E-state index contributed by atoms with van der Waals surface area (Å²) in [5.41, 5.74) is 0.492. The van der Waals surface area contributed by atoms with Gasteiger partial charge in [0.2, 0.25) is 0 Å². The van der Waals surface area contributed by atoms with E-state index in [0.29, 0.717) is 18.6 Å². The first kappa shape index (κ1) is 15.5. The Morgan fingerprint density at radius 2 is 2.12 bits per heavy atom. The van der Waals surface area contributed by atoms with Gasteiger partial charge in [-0.2, -0.15) is 0 Å². The minimum Gasteiger partial charge on any atom is -0.504 e. The number of ether oxygens (including phenoxy) is 1. The van der Waals surface area contributed by atoms with Gasteiger partial charge in [0.25, 0.3) is 0 Å². The number of piperidine rings is 1. The van der Waals surface area contributed by atoms with E-state index in [1.165, 1.54) is 12.8 Å². The summed E-state index contributed by atoms with van der Waals surface area (Å²) >= 11 is 0. The summed E-state index contributed by atoms with van der Waals surface area (Å²) < 4.78 is 6.98. The average molecular weight is 356 g/mol.